The van der Waals surface area contributed by atoms with Crippen molar-refractivity contribution in [3.63, 3.8) is 0 Å². The quantitative estimate of drug-likeness (QED) is 0.803. The van der Waals surface area contributed by atoms with E-state index in [2.05, 4.69) is 56.7 Å². The number of fused-ring (bicyclic) bond motifs is 1. The standard InChI is InChI=1S/C14H13BrN4/c1-10-6-7-12(11(15)8-10)16-9-19-14-5-3-2-4-13(14)17-18-19/h2-8,16H,9H2,1H3. The minimum atomic E-state index is 0.585. The highest BCUT2D eigenvalue weighted by Gasteiger charge is 2.04. The highest BCUT2D eigenvalue weighted by molar-refractivity contribution is 9.10. The summed E-state index contributed by atoms with van der Waals surface area (Å²) in [4.78, 5) is 0. The van der Waals surface area contributed by atoms with Crippen LogP contribution in [0.4, 0.5) is 5.69 Å². The van der Waals surface area contributed by atoms with Gasteiger partial charge in [0.1, 0.15) is 12.2 Å². The lowest BCUT2D eigenvalue weighted by molar-refractivity contribution is 0.655. The summed E-state index contributed by atoms with van der Waals surface area (Å²) in [6.07, 6.45) is 0. The zero-order valence-electron chi connectivity index (χ0n) is 10.5. The fourth-order valence-electron chi connectivity index (χ4n) is 1.96. The molecule has 0 saturated carbocycles. The summed E-state index contributed by atoms with van der Waals surface area (Å²) in [7, 11) is 0. The summed E-state index contributed by atoms with van der Waals surface area (Å²) in [5.41, 5.74) is 4.21. The van der Waals surface area contributed by atoms with Crippen LogP contribution in [0.5, 0.6) is 0 Å². The van der Waals surface area contributed by atoms with Crippen LogP contribution in [0.15, 0.2) is 46.9 Å². The predicted octanol–water partition coefficient (Wildman–Crippen LogP) is 3.57. The number of nitrogens with one attached hydrogen (secondary N) is 1. The molecule has 0 aliphatic carbocycles. The Bertz CT molecular complexity index is 720. The second-order valence-electron chi connectivity index (χ2n) is 4.40. The molecule has 0 saturated heterocycles. The van der Waals surface area contributed by atoms with Crippen LogP contribution >= 0.6 is 15.9 Å². The van der Waals surface area contributed by atoms with E-state index in [9.17, 15) is 0 Å². The fourth-order valence-corrected chi connectivity index (χ4v) is 2.59. The highest BCUT2D eigenvalue weighted by Crippen LogP contribution is 2.23. The van der Waals surface area contributed by atoms with Gasteiger partial charge in [-0.2, -0.15) is 0 Å². The van der Waals surface area contributed by atoms with Crippen molar-refractivity contribution in [2.45, 2.75) is 13.6 Å². The topological polar surface area (TPSA) is 42.7 Å². The van der Waals surface area contributed by atoms with Gasteiger partial charge in [0.2, 0.25) is 0 Å². The summed E-state index contributed by atoms with van der Waals surface area (Å²) in [5, 5.41) is 11.6. The van der Waals surface area contributed by atoms with Crippen LogP contribution in [0.3, 0.4) is 0 Å². The van der Waals surface area contributed by atoms with Gasteiger partial charge in [-0.15, -0.1) is 5.10 Å². The first-order valence-corrected chi connectivity index (χ1v) is 6.81. The van der Waals surface area contributed by atoms with Crippen LogP contribution in [-0.2, 0) is 6.67 Å². The molecular formula is C14H13BrN4. The van der Waals surface area contributed by atoms with Crippen LogP contribution in [0.1, 0.15) is 5.56 Å². The van der Waals surface area contributed by atoms with E-state index >= 15 is 0 Å². The largest absolute Gasteiger partial charge is 0.365 e. The van der Waals surface area contributed by atoms with E-state index in [-0.39, 0.29) is 0 Å². The van der Waals surface area contributed by atoms with Gasteiger partial charge < -0.3 is 5.32 Å². The first-order chi connectivity index (χ1) is 9.24. The average Bonchev–Trinajstić information content (AvgIpc) is 2.81. The molecule has 0 spiro atoms. The Morgan fingerprint density at radius 2 is 2.05 bits per heavy atom. The Balaban J connectivity index is 1.82. The summed E-state index contributed by atoms with van der Waals surface area (Å²) < 4.78 is 2.90. The molecule has 0 unspecified atom stereocenters. The van der Waals surface area contributed by atoms with Crippen LogP contribution < -0.4 is 5.32 Å². The monoisotopic (exact) mass is 316 g/mol. The second kappa shape index (κ2) is 5.01. The normalized spacial score (nSPS) is 10.8. The van der Waals surface area contributed by atoms with Crippen LogP contribution in [0.25, 0.3) is 11.0 Å². The molecular weight excluding hydrogens is 304 g/mol. The molecule has 19 heavy (non-hydrogen) atoms. The smallest absolute Gasteiger partial charge is 0.113 e. The number of hydrogen-bond acceptors (Lipinski definition) is 3. The Morgan fingerprint density at radius 3 is 2.89 bits per heavy atom. The first-order valence-electron chi connectivity index (χ1n) is 6.02. The lowest BCUT2D eigenvalue weighted by atomic mass is 10.2. The molecule has 1 N–H and O–H groups in total. The first kappa shape index (κ1) is 12.2. The molecule has 2 aromatic carbocycles. The summed E-state index contributed by atoms with van der Waals surface area (Å²) in [6, 6.07) is 14.1. The number of halogens is 1. The molecule has 0 amide bonds. The van der Waals surface area contributed by atoms with Crippen molar-refractivity contribution in [1.29, 1.82) is 0 Å². The minimum absolute atomic E-state index is 0.585. The van der Waals surface area contributed by atoms with E-state index in [4.69, 9.17) is 0 Å². The molecule has 5 heteroatoms. The van der Waals surface area contributed by atoms with Gasteiger partial charge in [-0.1, -0.05) is 23.4 Å². The molecule has 1 aromatic heterocycles. The van der Waals surface area contributed by atoms with Crippen molar-refractivity contribution in [2.75, 3.05) is 5.32 Å². The Kier molecular flexibility index (Phi) is 3.21. The van der Waals surface area contributed by atoms with E-state index in [0.717, 1.165) is 21.2 Å². The zero-order chi connectivity index (χ0) is 13.2. The van der Waals surface area contributed by atoms with Gasteiger partial charge >= 0.3 is 0 Å². The molecule has 0 atom stereocenters. The van der Waals surface area contributed by atoms with Crippen molar-refractivity contribution >= 4 is 32.7 Å². The fraction of sp³-hybridized carbons (Fsp3) is 0.143. The summed E-state index contributed by atoms with van der Waals surface area (Å²) >= 11 is 3.55. The lowest BCUT2D eigenvalue weighted by Gasteiger charge is -2.09. The third-order valence-corrected chi connectivity index (χ3v) is 3.62. The van der Waals surface area contributed by atoms with Crippen molar-refractivity contribution in [3.8, 4) is 0 Å². The molecule has 96 valence electrons. The van der Waals surface area contributed by atoms with Gasteiger partial charge in [0.05, 0.1) is 5.52 Å². The van der Waals surface area contributed by atoms with Crippen molar-refractivity contribution in [1.82, 2.24) is 15.0 Å². The Morgan fingerprint density at radius 1 is 1.21 bits per heavy atom. The molecule has 0 aliphatic heterocycles. The number of rotatable bonds is 3. The van der Waals surface area contributed by atoms with Gasteiger partial charge in [-0.3, -0.25) is 0 Å². The van der Waals surface area contributed by atoms with Crippen molar-refractivity contribution in [3.05, 3.63) is 52.5 Å². The van der Waals surface area contributed by atoms with Gasteiger partial charge in [0.15, 0.2) is 0 Å². The third kappa shape index (κ3) is 2.46. The van der Waals surface area contributed by atoms with E-state index in [0.29, 0.717) is 6.67 Å². The van der Waals surface area contributed by atoms with Gasteiger partial charge in [-0.25, -0.2) is 4.68 Å². The van der Waals surface area contributed by atoms with Gasteiger partial charge in [0.25, 0.3) is 0 Å². The maximum Gasteiger partial charge on any atom is 0.113 e. The van der Waals surface area contributed by atoms with Crippen molar-refractivity contribution in [2.24, 2.45) is 0 Å². The van der Waals surface area contributed by atoms with E-state index in [1.54, 1.807) is 0 Å². The number of aryl methyl sites for hydroxylation is 1. The van der Waals surface area contributed by atoms with Crippen LogP contribution in [0.2, 0.25) is 0 Å². The highest BCUT2D eigenvalue weighted by atomic mass is 79.9. The number of nitrogens with zero attached hydrogens (tertiary/aromatic N) is 3. The van der Waals surface area contributed by atoms with Gasteiger partial charge in [-0.05, 0) is 52.7 Å². The summed E-state index contributed by atoms with van der Waals surface area (Å²) in [6.45, 7) is 2.65. The molecule has 0 bridgehead atoms. The zero-order valence-corrected chi connectivity index (χ0v) is 12.1. The van der Waals surface area contributed by atoms with Gasteiger partial charge in [0, 0.05) is 10.2 Å². The average molecular weight is 317 g/mol. The second-order valence-corrected chi connectivity index (χ2v) is 5.25. The lowest BCUT2D eigenvalue weighted by Crippen LogP contribution is -2.09. The Hall–Kier alpha value is -1.88. The Labute approximate surface area is 119 Å². The van der Waals surface area contributed by atoms with Crippen LogP contribution in [-0.4, -0.2) is 15.0 Å². The molecule has 3 aromatic rings. The van der Waals surface area contributed by atoms with Crippen molar-refractivity contribution < 1.29 is 0 Å². The molecule has 0 radical (unpaired) electrons. The number of benzene rings is 2. The number of para-hydroxylation sites is 1. The number of anilines is 1. The number of aromatic nitrogens is 3. The van der Waals surface area contributed by atoms with E-state index < -0.39 is 0 Å². The third-order valence-electron chi connectivity index (χ3n) is 2.96. The molecule has 0 fully saturated rings. The summed E-state index contributed by atoms with van der Waals surface area (Å²) in [5.74, 6) is 0. The van der Waals surface area contributed by atoms with Crippen LogP contribution in [0, 0.1) is 6.92 Å². The number of hydrogen-bond donors (Lipinski definition) is 1. The van der Waals surface area contributed by atoms with E-state index in [1.165, 1.54) is 5.56 Å². The predicted molar refractivity (Wildman–Crippen MR) is 80.0 cm³/mol. The minimum Gasteiger partial charge on any atom is -0.365 e. The molecule has 4 nitrogen and oxygen atoms in total. The molecule has 0 aliphatic rings. The van der Waals surface area contributed by atoms with E-state index in [1.807, 2.05) is 28.9 Å². The molecule has 1 heterocycles. The maximum atomic E-state index is 4.15. The molecule has 3 rings (SSSR count). The maximum absolute atomic E-state index is 4.15. The SMILES string of the molecule is Cc1ccc(NCn2nnc3ccccc32)c(Br)c1.